The first-order chi connectivity index (χ1) is 11.1. The van der Waals surface area contributed by atoms with Gasteiger partial charge in [0.15, 0.2) is 5.16 Å². The van der Waals surface area contributed by atoms with Crippen molar-refractivity contribution in [2.75, 3.05) is 0 Å². The first kappa shape index (κ1) is 16.2. The molecular weight excluding hydrogens is 380 g/mol. The number of thioether (sulfide) groups is 1. The highest BCUT2D eigenvalue weighted by molar-refractivity contribution is 9.10. The van der Waals surface area contributed by atoms with E-state index in [1.54, 1.807) is 11.5 Å². The van der Waals surface area contributed by atoms with Crippen LogP contribution in [-0.2, 0) is 12.3 Å². The Morgan fingerprint density at radius 1 is 1.35 bits per heavy atom. The topological polar surface area (TPSA) is 73.8 Å². The Morgan fingerprint density at radius 2 is 2.17 bits per heavy atom. The number of aromatic nitrogens is 4. The third kappa shape index (κ3) is 3.48. The molecule has 6 nitrogen and oxygen atoms in total. The fraction of sp³-hybridized carbons (Fsp3) is 0.333. The standard InChI is InChI=1S/C15H15BrN4O2S/c1-3-6-20-14(21)11-7-10(16)4-5-12(11)17-15(20)23-8-13-19-18-9(2)22-13/h4-5,7H,3,6,8H2,1-2H3. The molecule has 0 spiro atoms. The lowest BCUT2D eigenvalue weighted by Gasteiger charge is -2.11. The molecule has 23 heavy (non-hydrogen) atoms. The largest absolute Gasteiger partial charge is 0.425 e. The predicted molar refractivity (Wildman–Crippen MR) is 92.6 cm³/mol. The Hall–Kier alpha value is -1.67. The minimum absolute atomic E-state index is 0.0256. The number of nitrogens with zero attached hydrogens (tertiary/aromatic N) is 4. The fourth-order valence-corrected chi connectivity index (χ4v) is 3.45. The quantitative estimate of drug-likeness (QED) is 0.486. The van der Waals surface area contributed by atoms with E-state index < -0.39 is 0 Å². The maximum Gasteiger partial charge on any atom is 0.262 e. The van der Waals surface area contributed by atoms with Crippen LogP contribution >= 0.6 is 27.7 Å². The highest BCUT2D eigenvalue weighted by Crippen LogP contribution is 2.23. The molecule has 0 amide bonds. The van der Waals surface area contributed by atoms with Crippen LogP contribution in [0.4, 0.5) is 0 Å². The van der Waals surface area contributed by atoms with Crippen LogP contribution in [0.2, 0.25) is 0 Å². The van der Waals surface area contributed by atoms with E-state index >= 15 is 0 Å². The normalized spacial score (nSPS) is 11.3. The van der Waals surface area contributed by atoms with Gasteiger partial charge in [-0.3, -0.25) is 9.36 Å². The van der Waals surface area contributed by atoms with E-state index in [9.17, 15) is 4.79 Å². The molecule has 0 aliphatic carbocycles. The Balaban J connectivity index is 2.01. The van der Waals surface area contributed by atoms with E-state index in [2.05, 4.69) is 31.1 Å². The molecule has 2 aromatic heterocycles. The van der Waals surface area contributed by atoms with Gasteiger partial charge in [0, 0.05) is 17.9 Å². The third-order valence-corrected chi connectivity index (χ3v) is 4.68. The second kappa shape index (κ2) is 6.84. The summed E-state index contributed by atoms with van der Waals surface area (Å²) in [5, 5.41) is 9.07. The molecule has 8 heteroatoms. The number of aryl methyl sites for hydroxylation is 1. The van der Waals surface area contributed by atoms with Crippen LogP contribution in [0.25, 0.3) is 10.9 Å². The van der Waals surface area contributed by atoms with Crippen molar-refractivity contribution in [3.8, 4) is 0 Å². The minimum atomic E-state index is -0.0256. The maximum atomic E-state index is 12.7. The van der Waals surface area contributed by atoms with Gasteiger partial charge in [-0.15, -0.1) is 10.2 Å². The van der Waals surface area contributed by atoms with Gasteiger partial charge in [0.05, 0.1) is 16.7 Å². The summed E-state index contributed by atoms with van der Waals surface area (Å²) in [6.45, 7) is 4.41. The average molecular weight is 395 g/mol. The van der Waals surface area contributed by atoms with Gasteiger partial charge in [-0.2, -0.15) is 0 Å². The van der Waals surface area contributed by atoms with Crippen LogP contribution in [0.5, 0.6) is 0 Å². The van der Waals surface area contributed by atoms with E-state index in [-0.39, 0.29) is 5.56 Å². The van der Waals surface area contributed by atoms with E-state index in [0.29, 0.717) is 40.1 Å². The molecule has 1 aromatic carbocycles. The Labute approximate surface area is 145 Å². The van der Waals surface area contributed by atoms with Gasteiger partial charge >= 0.3 is 0 Å². The summed E-state index contributed by atoms with van der Waals surface area (Å²) in [4.78, 5) is 17.4. The van der Waals surface area contributed by atoms with Crippen LogP contribution in [0, 0.1) is 6.92 Å². The molecule has 0 fully saturated rings. The zero-order valence-electron chi connectivity index (χ0n) is 12.7. The van der Waals surface area contributed by atoms with Crippen molar-refractivity contribution in [2.45, 2.75) is 37.7 Å². The Kier molecular flexibility index (Phi) is 4.82. The fourth-order valence-electron chi connectivity index (χ4n) is 2.23. The molecular formula is C15H15BrN4O2S. The molecule has 0 atom stereocenters. The van der Waals surface area contributed by atoms with Crippen molar-refractivity contribution >= 4 is 38.6 Å². The van der Waals surface area contributed by atoms with Gasteiger partial charge < -0.3 is 4.42 Å². The lowest BCUT2D eigenvalue weighted by Crippen LogP contribution is -2.23. The van der Waals surface area contributed by atoms with E-state index in [4.69, 9.17) is 4.42 Å². The maximum absolute atomic E-state index is 12.7. The van der Waals surface area contributed by atoms with Crippen molar-refractivity contribution in [3.63, 3.8) is 0 Å². The van der Waals surface area contributed by atoms with Crippen molar-refractivity contribution in [1.82, 2.24) is 19.7 Å². The van der Waals surface area contributed by atoms with Crippen LogP contribution in [0.3, 0.4) is 0 Å². The zero-order valence-corrected chi connectivity index (χ0v) is 15.1. The van der Waals surface area contributed by atoms with Crippen molar-refractivity contribution in [1.29, 1.82) is 0 Å². The van der Waals surface area contributed by atoms with Crippen molar-refractivity contribution in [2.24, 2.45) is 0 Å². The second-order valence-electron chi connectivity index (χ2n) is 5.02. The van der Waals surface area contributed by atoms with Gasteiger partial charge in [-0.1, -0.05) is 34.6 Å². The SMILES string of the molecule is CCCn1c(SCc2nnc(C)o2)nc2ccc(Br)cc2c1=O. The molecule has 0 aliphatic heterocycles. The summed E-state index contributed by atoms with van der Waals surface area (Å²) < 4.78 is 7.95. The van der Waals surface area contributed by atoms with Crippen LogP contribution < -0.4 is 5.56 Å². The van der Waals surface area contributed by atoms with Crippen LogP contribution in [0.15, 0.2) is 37.0 Å². The van der Waals surface area contributed by atoms with Gasteiger partial charge in [0.25, 0.3) is 5.56 Å². The first-order valence-electron chi connectivity index (χ1n) is 7.20. The minimum Gasteiger partial charge on any atom is -0.425 e. The number of halogens is 1. The zero-order chi connectivity index (χ0) is 16.4. The van der Waals surface area contributed by atoms with Gasteiger partial charge in [-0.25, -0.2) is 4.98 Å². The molecule has 0 saturated heterocycles. The van der Waals surface area contributed by atoms with Crippen LogP contribution in [0.1, 0.15) is 25.1 Å². The van der Waals surface area contributed by atoms with E-state index in [1.165, 1.54) is 11.8 Å². The molecule has 120 valence electrons. The number of hydrogen-bond donors (Lipinski definition) is 0. The first-order valence-corrected chi connectivity index (χ1v) is 8.98. The third-order valence-electron chi connectivity index (χ3n) is 3.22. The number of benzene rings is 1. The van der Waals surface area contributed by atoms with Gasteiger partial charge in [-0.05, 0) is 24.6 Å². The molecule has 0 saturated carbocycles. The molecule has 0 radical (unpaired) electrons. The van der Waals surface area contributed by atoms with E-state index in [0.717, 1.165) is 10.9 Å². The number of rotatable bonds is 5. The Morgan fingerprint density at radius 3 is 2.87 bits per heavy atom. The van der Waals surface area contributed by atoms with Gasteiger partial charge in [0.1, 0.15) is 0 Å². The summed E-state index contributed by atoms with van der Waals surface area (Å²) in [7, 11) is 0. The predicted octanol–water partition coefficient (Wildman–Crippen LogP) is 3.55. The lowest BCUT2D eigenvalue weighted by atomic mass is 10.2. The second-order valence-corrected chi connectivity index (χ2v) is 6.87. The van der Waals surface area contributed by atoms with Crippen LogP contribution in [-0.4, -0.2) is 19.7 Å². The summed E-state index contributed by atoms with van der Waals surface area (Å²) in [5.74, 6) is 1.54. The van der Waals surface area contributed by atoms with Crippen molar-refractivity contribution < 1.29 is 4.42 Å². The molecule has 3 aromatic rings. The van der Waals surface area contributed by atoms with E-state index in [1.807, 2.05) is 25.1 Å². The molecule has 0 bridgehead atoms. The smallest absolute Gasteiger partial charge is 0.262 e. The highest BCUT2D eigenvalue weighted by atomic mass is 79.9. The summed E-state index contributed by atoms with van der Waals surface area (Å²) >= 11 is 4.83. The van der Waals surface area contributed by atoms with Gasteiger partial charge in [0.2, 0.25) is 11.8 Å². The summed E-state index contributed by atoms with van der Waals surface area (Å²) in [6, 6.07) is 5.54. The summed E-state index contributed by atoms with van der Waals surface area (Å²) in [5.41, 5.74) is 0.664. The highest BCUT2D eigenvalue weighted by Gasteiger charge is 2.13. The van der Waals surface area contributed by atoms with Crippen molar-refractivity contribution in [3.05, 3.63) is 44.8 Å². The molecule has 0 aliphatic rings. The molecule has 0 N–H and O–H groups in total. The lowest BCUT2D eigenvalue weighted by molar-refractivity contribution is 0.485. The summed E-state index contributed by atoms with van der Waals surface area (Å²) in [6.07, 6.45) is 0.855. The number of hydrogen-bond acceptors (Lipinski definition) is 6. The Bertz CT molecular complexity index is 906. The molecule has 3 rings (SSSR count). The number of fused-ring (bicyclic) bond motifs is 1. The molecule has 0 unspecified atom stereocenters. The average Bonchev–Trinajstić information content (AvgIpc) is 2.95. The monoisotopic (exact) mass is 394 g/mol. The molecule has 2 heterocycles.